The van der Waals surface area contributed by atoms with Crippen molar-refractivity contribution in [1.29, 1.82) is 0 Å². The SMILES string of the molecule is [2H]C([2H])([2H])c1cc(-c2nc(C)cc(C)n2)cc(C([2H])([2H])[2H])c1C1C(c2ccccc2C)=C(C)c2ccccc21. The van der Waals surface area contributed by atoms with Crippen molar-refractivity contribution in [3.05, 3.63) is 117 Å². The average molecular weight is 437 g/mol. The molecule has 0 N–H and O–H groups in total. The summed E-state index contributed by atoms with van der Waals surface area (Å²) in [4.78, 5) is 9.02. The van der Waals surface area contributed by atoms with E-state index < -0.39 is 19.6 Å². The molecule has 1 aromatic heterocycles. The molecule has 1 atom stereocenters. The second kappa shape index (κ2) is 8.12. The van der Waals surface area contributed by atoms with Gasteiger partial charge in [0, 0.05) is 31.1 Å². The van der Waals surface area contributed by atoms with Crippen LogP contribution in [-0.2, 0) is 0 Å². The van der Waals surface area contributed by atoms with Crippen LogP contribution in [0.4, 0.5) is 0 Å². The van der Waals surface area contributed by atoms with Gasteiger partial charge < -0.3 is 0 Å². The molecule has 0 aliphatic heterocycles. The molecule has 0 fully saturated rings. The van der Waals surface area contributed by atoms with Gasteiger partial charge in [-0.05, 0) is 110 Å². The Morgan fingerprint density at radius 3 is 1.94 bits per heavy atom. The van der Waals surface area contributed by atoms with Crippen molar-refractivity contribution in [3.63, 3.8) is 0 Å². The molecule has 2 nitrogen and oxygen atoms in total. The summed E-state index contributed by atoms with van der Waals surface area (Å²) in [5.41, 5.74) is 8.01. The molecule has 4 aromatic rings. The van der Waals surface area contributed by atoms with Gasteiger partial charge in [0.15, 0.2) is 5.82 Å². The van der Waals surface area contributed by atoms with E-state index in [1.54, 1.807) is 12.1 Å². The van der Waals surface area contributed by atoms with E-state index in [1.807, 2.05) is 82.3 Å². The Morgan fingerprint density at radius 2 is 1.30 bits per heavy atom. The zero-order chi connectivity index (χ0) is 28.3. The molecule has 1 aliphatic rings. The lowest BCUT2D eigenvalue weighted by Crippen LogP contribution is -2.07. The number of allylic oxidation sites excluding steroid dienone is 2. The number of fused-ring (bicyclic) bond motifs is 1. The quantitative estimate of drug-likeness (QED) is 0.328. The van der Waals surface area contributed by atoms with Crippen molar-refractivity contribution < 1.29 is 8.22 Å². The zero-order valence-electron chi connectivity index (χ0n) is 25.3. The summed E-state index contributed by atoms with van der Waals surface area (Å²) in [5.74, 6) is -0.255. The first kappa shape index (κ1) is 15.3. The Hall–Kier alpha value is -3.52. The van der Waals surface area contributed by atoms with E-state index in [0.29, 0.717) is 17.0 Å². The second-order valence-electron chi connectivity index (χ2n) is 8.83. The molecular formula is C31H30N2. The molecule has 0 bridgehead atoms. The molecule has 0 amide bonds. The Bertz CT molecular complexity index is 1570. The van der Waals surface area contributed by atoms with Crippen LogP contribution in [0, 0.1) is 34.5 Å². The van der Waals surface area contributed by atoms with Gasteiger partial charge in [-0.3, -0.25) is 0 Å². The maximum atomic E-state index is 8.56. The number of hydrogen-bond donors (Lipinski definition) is 0. The van der Waals surface area contributed by atoms with Gasteiger partial charge in [-0.2, -0.15) is 0 Å². The van der Waals surface area contributed by atoms with Crippen molar-refractivity contribution in [2.24, 2.45) is 0 Å². The average Bonchev–Trinajstić information content (AvgIpc) is 3.14. The first-order valence-electron chi connectivity index (χ1n) is 14.1. The first-order valence-corrected chi connectivity index (χ1v) is 11.1. The van der Waals surface area contributed by atoms with Gasteiger partial charge in [0.25, 0.3) is 0 Å². The predicted octanol–water partition coefficient (Wildman–Crippen LogP) is 7.76. The summed E-state index contributed by atoms with van der Waals surface area (Å²) in [6.07, 6.45) is 0. The number of aromatic nitrogens is 2. The van der Waals surface area contributed by atoms with Crippen LogP contribution in [-0.4, -0.2) is 9.97 Å². The number of nitrogens with zero attached hydrogens (tertiary/aromatic N) is 2. The standard InChI is InChI=1S/C31H30N2/c1-18-11-7-8-12-25(18)29-23(6)26-13-9-10-14-27(26)30(29)28-19(2)15-24(16-20(28)3)31-32-21(4)17-22(5)33-31/h7-17,30H,1-6H3/i2D3,3D3. The highest BCUT2D eigenvalue weighted by molar-refractivity contribution is 6.01. The summed E-state index contributed by atoms with van der Waals surface area (Å²) in [6.45, 7) is 2.56. The van der Waals surface area contributed by atoms with Crippen molar-refractivity contribution in [2.45, 2.75) is 47.3 Å². The zero-order valence-corrected chi connectivity index (χ0v) is 19.3. The van der Waals surface area contributed by atoms with Crippen molar-refractivity contribution >= 4 is 11.1 Å². The maximum Gasteiger partial charge on any atom is 0.159 e. The summed E-state index contributed by atoms with van der Waals surface area (Å²) in [7, 11) is 0. The van der Waals surface area contributed by atoms with Gasteiger partial charge in [-0.1, -0.05) is 48.5 Å². The van der Waals surface area contributed by atoms with Crippen LogP contribution in [0.25, 0.3) is 22.5 Å². The van der Waals surface area contributed by atoms with Gasteiger partial charge >= 0.3 is 0 Å². The number of aryl methyl sites for hydroxylation is 5. The van der Waals surface area contributed by atoms with Gasteiger partial charge in [-0.25, -0.2) is 9.97 Å². The van der Waals surface area contributed by atoms with Crippen molar-refractivity contribution in [1.82, 2.24) is 9.97 Å². The summed E-state index contributed by atoms with van der Waals surface area (Å²) >= 11 is 0. The summed E-state index contributed by atoms with van der Waals surface area (Å²) in [6, 6.07) is 20.8. The molecule has 164 valence electrons. The first-order chi connectivity index (χ1) is 18.3. The highest BCUT2D eigenvalue weighted by Crippen LogP contribution is 2.52. The molecule has 33 heavy (non-hydrogen) atoms. The van der Waals surface area contributed by atoms with Gasteiger partial charge in [0.2, 0.25) is 0 Å². The monoisotopic (exact) mass is 436 g/mol. The summed E-state index contributed by atoms with van der Waals surface area (Å²) in [5, 5.41) is 0. The fourth-order valence-electron chi connectivity index (χ4n) is 5.09. The highest BCUT2D eigenvalue weighted by atomic mass is 14.9. The van der Waals surface area contributed by atoms with Gasteiger partial charge in [-0.15, -0.1) is 0 Å². The van der Waals surface area contributed by atoms with Crippen LogP contribution in [0.1, 0.15) is 71.4 Å². The minimum atomic E-state index is -2.58. The number of hydrogen-bond acceptors (Lipinski definition) is 2. The molecule has 0 radical (unpaired) electrons. The lowest BCUT2D eigenvalue weighted by molar-refractivity contribution is 1.01. The second-order valence-corrected chi connectivity index (χ2v) is 8.83. The molecule has 3 aromatic carbocycles. The van der Waals surface area contributed by atoms with Crippen molar-refractivity contribution in [3.8, 4) is 11.4 Å². The van der Waals surface area contributed by atoms with Crippen molar-refractivity contribution in [2.75, 3.05) is 0 Å². The van der Waals surface area contributed by atoms with E-state index >= 15 is 0 Å². The van der Waals surface area contributed by atoms with Crippen LogP contribution in [0.5, 0.6) is 0 Å². The molecule has 5 rings (SSSR count). The molecular weight excluding hydrogens is 400 g/mol. The number of rotatable bonds is 3. The van der Waals surface area contributed by atoms with E-state index in [-0.39, 0.29) is 11.1 Å². The Kier molecular flexibility index (Phi) is 3.77. The third kappa shape index (κ3) is 3.60. The molecule has 0 spiro atoms. The lowest BCUT2D eigenvalue weighted by Gasteiger charge is -2.24. The topological polar surface area (TPSA) is 25.8 Å². The summed E-state index contributed by atoms with van der Waals surface area (Å²) < 4.78 is 51.4. The molecule has 0 saturated carbocycles. The van der Waals surface area contributed by atoms with Crippen LogP contribution < -0.4 is 0 Å². The lowest BCUT2D eigenvalue weighted by atomic mass is 9.79. The maximum absolute atomic E-state index is 8.56. The van der Waals surface area contributed by atoms with Crippen LogP contribution >= 0.6 is 0 Å². The molecule has 0 saturated heterocycles. The Balaban J connectivity index is 1.91. The van der Waals surface area contributed by atoms with E-state index in [9.17, 15) is 0 Å². The van der Waals surface area contributed by atoms with E-state index in [4.69, 9.17) is 8.22 Å². The minimum absolute atomic E-state index is 0.00877. The Labute approximate surface area is 205 Å². The van der Waals surface area contributed by atoms with Gasteiger partial charge in [0.05, 0.1) is 0 Å². The van der Waals surface area contributed by atoms with Crippen LogP contribution in [0.2, 0.25) is 0 Å². The number of benzene rings is 3. The van der Waals surface area contributed by atoms with E-state index in [1.165, 1.54) is 0 Å². The highest BCUT2D eigenvalue weighted by Gasteiger charge is 2.33. The smallest absolute Gasteiger partial charge is 0.159 e. The largest absolute Gasteiger partial charge is 0.233 e. The fraction of sp³-hybridized carbons (Fsp3) is 0.226. The molecule has 1 unspecified atom stereocenters. The molecule has 1 heterocycles. The van der Waals surface area contributed by atoms with E-state index in [0.717, 1.165) is 44.8 Å². The molecule has 1 aliphatic carbocycles. The van der Waals surface area contributed by atoms with Gasteiger partial charge in [0.1, 0.15) is 0 Å². The van der Waals surface area contributed by atoms with Crippen LogP contribution in [0.15, 0.2) is 66.7 Å². The van der Waals surface area contributed by atoms with E-state index in [2.05, 4.69) is 9.97 Å². The minimum Gasteiger partial charge on any atom is -0.233 e. The molecule has 2 heteroatoms. The Morgan fingerprint density at radius 1 is 0.697 bits per heavy atom. The van der Waals surface area contributed by atoms with Crippen LogP contribution in [0.3, 0.4) is 0 Å². The predicted molar refractivity (Wildman–Crippen MR) is 138 cm³/mol. The fourth-order valence-corrected chi connectivity index (χ4v) is 5.09. The third-order valence-electron chi connectivity index (χ3n) is 6.51. The third-order valence-corrected chi connectivity index (χ3v) is 6.51. The normalized spacial score (nSPS) is 18.6.